The summed E-state index contributed by atoms with van der Waals surface area (Å²) in [6.07, 6.45) is 2.31. The van der Waals surface area contributed by atoms with E-state index in [2.05, 4.69) is 15.6 Å². The van der Waals surface area contributed by atoms with E-state index in [-0.39, 0.29) is 30.9 Å². The van der Waals surface area contributed by atoms with Gasteiger partial charge in [0.1, 0.15) is 18.0 Å². The summed E-state index contributed by atoms with van der Waals surface area (Å²) in [5.41, 5.74) is 2.71. The largest absolute Gasteiger partial charge is 0.457 e. The summed E-state index contributed by atoms with van der Waals surface area (Å²) in [5, 5.41) is 5.83. The lowest BCUT2D eigenvalue weighted by molar-refractivity contribution is -0.131. The van der Waals surface area contributed by atoms with Gasteiger partial charge in [0.25, 0.3) is 5.91 Å². The minimum absolute atomic E-state index is 0.0936. The number of carbonyl (C=O) groups excluding carboxylic acids is 3. The highest BCUT2D eigenvalue weighted by Crippen LogP contribution is 2.37. The smallest absolute Gasteiger partial charge is 0.322 e. The third-order valence-electron chi connectivity index (χ3n) is 6.55. The Bertz CT molecular complexity index is 1360. The van der Waals surface area contributed by atoms with Crippen molar-refractivity contribution in [3.63, 3.8) is 0 Å². The van der Waals surface area contributed by atoms with E-state index in [0.717, 1.165) is 11.3 Å². The third-order valence-corrected chi connectivity index (χ3v) is 6.55. The molecule has 1 aromatic heterocycles. The molecule has 9 heteroatoms. The topological polar surface area (TPSA) is 104 Å². The Morgan fingerprint density at radius 3 is 2.61 bits per heavy atom. The first-order chi connectivity index (χ1) is 18.5. The van der Waals surface area contributed by atoms with Gasteiger partial charge in [0.05, 0.1) is 23.9 Å². The number of pyridine rings is 1. The lowest BCUT2D eigenvalue weighted by Gasteiger charge is -2.33. The van der Waals surface area contributed by atoms with Crippen LogP contribution in [0.4, 0.5) is 4.79 Å². The standard InChI is InChI=1S/C29H29N5O4/c1-2-34-24-18-33(19-25(35)31-16-14-21-10-6-7-15-30-21)28(36)26(24)27(32-29(34)37)20-9-8-13-23(17-20)38-22-11-4-3-5-12-22/h3-13,15,17,27H,2,14,16,18-19H2,1H3,(H,31,35)(H,32,37)/t27-/m0/s1. The number of urea groups is 1. The SMILES string of the molecule is CCN1C(=O)N[C@@H](c2cccc(Oc3ccccc3)c2)C2=C1CN(CC(=O)NCCc1ccccn1)C2=O. The van der Waals surface area contributed by atoms with Crippen molar-refractivity contribution in [1.29, 1.82) is 0 Å². The van der Waals surface area contributed by atoms with Crippen molar-refractivity contribution < 1.29 is 19.1 Å². The summed E-state index contributed by atoms with van der Waals surface area (Å²) in [4.78, 5) is 46.5. The van der Waals surface area contributed by atoms with Crippen molar-refractivity contribution in [3.05, 3.63) is 102 Å². The van der Waals surface area contributed by atoms with Crippen LogP contribution in [0.3, 0.4) is 0 Å². The van der Waals surface area contributed by atoms with Crippen molar-refractivity contribution in [3.8, 4) is 11.5 Å². The Kier molecular flexibility index (Phi) is 7.35. The maximum Gasteiger partial charge on any atom is 0.322 e. The Morgan fingerprint density at radius 2 is 1.84 bits per heavy atom. The lowest BCUT2D eigenvalue weighted by Crippen LogP contribution is -2.47. The van der Waals surface area contributed by atoms with Crippen LogP contribution >= 0.6 is 0 Å². The maximum absolute atomic E-state index is 13.6. The molecule has 2 aliphatic heterocycles. The quantitative estimate of drug-likeness (QED) is 0.458. The molecule has 0 saturated carbocycles. The number of nitrogens with one attached hydrogen (secondary N) is 2. The van der Waals surface area contributed by atoms with Gasteiger partial charge in [-0.25, -0.2) is 4.79 Å². The van der Waals surface area contributed by atoms with Crippen LogP contribution in [0.1, 0.15) is 24.2 Å². The number of nitrogens with zero attached hydrogens (tertiary/aromatic N) is 3. The van der Waals surface area contributed by atoms with Crippen LogP contribution in [0.25, 0.3) is 0 Å². The number of hydrogen-bond acceptors (Lipinski definition) is 5. The van der Waals surface area contributed by atoms with Gasteiger partial charge in [-0.3, -0.25) is 19.5 Å². The normalized spacial score (nSPS) is 16.8. The third kappa shape index (κ3) is 5.36. The Labute approximate surface area is 221 Å². The van der Waals surface area contributed by atoms with Crippen LogP contribution in [0, 0.1) is 0 Å². The van der Waals surface area contributed by atoms with Crippen LogP contribution < -0.4 is 15.4 Å². The number of amides is 4. The summed E-state index contributed by atoms with van der Waals surface area (Å²) in [6, 6.07) is 21.4. The maximum atomic E-state index is 13.6. The second-order valence-electron chi connectivity index (χ2n) is 9.06. The van der Waals surface area contributed by atoms with E-state index in [1.807, 2.05) is 79.7 Å². The monoisotopic (exact) mass is 511 g/mol. The van der Waals surface area contributed by atoms with Crippen LogP contribution in [-0.4, -0.2) is 58.8 Å². The van der Waals surface area contributed by atoms with Gasteiger partial charge in [0, 0.05) is 31.4 Å². The molecule has 9 nitrogen and oxygen atoms in total. The second-order valence-corrected chi connectivity index (χ2v) is 9.06. The molecule has 0 bridgehead atoms. The van der Waals surface area contributed by atoms with E-state index in [1.54, 1.807) is 11.1 Å². The van der Waals surface area contributed by atoms with Crippen LogP contribution in [0.5, 0.6) is 11.5 Å². The molecule has 0 radical (unpaired) electrons. The van der Waals surface area contributed by atoms with E-state index >= 15 is 0 Å². The van der Waals surface area contributed by atoms with Gasteiger partial charge in [-0.05, 0) is 48.9 Å². The van der Waals surface area contributed by atoms with Crippen molar-refractivity contribution in [2.45, 2.75) is 19.4 Å². The number of para-hydroxylation sites is 1. The first kappa shape index (κ1) is 25.0. The molecule has 2 aliphatic rings. The van der Waals surface area contributed by atoms with Crippen LogP contribution in [0.2, 0.25) is 0 Å². The van der Waals surface area contributed by atoms with Gasteiger partial charge in [-0.1, -0.05) is 36.4 Å². The van der Waals surface area contributed by atoms with Crippen LogP contribution in [0.15, 0.2) is 90.3 Å². The summed E-state index contributed by atoms with van der Waals surface area (Å²) in [5.74, 6) is 0.758. The number of carbonyl (C=O) groups is 3. The Hall–Kier alpha value is -4.66. The highest BCUT2D eigenvalue weighted by Gasteiger charge is 2.44. The van der Waals surface area contributed by atoms with Crippen LogP contribution in [-0.2, 0) is 16.0 Å². The highest BCUT2D eigenvalue weighted by atomic mass is 16.5. The first-order valence-corrected chi connectivity index (χ1v) is 12.6. The molecule has 0 saturated heterocycles. The molecule has 2 N–H and O–H groups in total. The predicted octanol–water partition coefficient (Wildman–Crippen LogP) is 3.42. The molecule has 0 spiro atoms. The zero-order chi connectivity index (χ0) is 26.5. The number of hydrogen-bond donors (Lipinski definition) is 2. The predicted molar refractivity (Wildman–Crippen MR) is 141 cm³/mol. The molecule has 3 aromatic rings. The van der Waals surface area contributed by atoms with E-state index in [9.17, 15) is 14.4 Å². The average Bonchev–Trinajstić information content (AvgIpc) is 3.24. The summed E-state index contributed by atoms with van der Waals surface area (Å²) < 4.78 is 5.97. The molecule has 0 fully saturated rings. The van der Waals surface area contributed by atoms with E-state index in [1.165, 1.54) is 4.90 Å². The van der Waals surface area contributed by atoms with Gasteiger partial charge in [-0.2, -0.15) is 0 Å². The fourth-order valence-corrected chi connectivity index (χ4v) is 4.75. The number of rotatable bonds is 9. The van der Waals surface area contributed by atoms with E-state index < -0.39 is 6.04 Å². The van der Waals surface area contributed by atoms with E-state index in [4.69, 9.17) is 4.74 Å². The zero-order valence-electron chi connectivity index (χ0n) is 21.1. The molecule has 0 unspecified atom stereocenters. The highest BCUT2D eigenvalue weighted by molar-refractivity contribution is 6.03. The minimum atomic E-state index is -0.649. The first-order valence-electron chi connectivity index (χ1n) is 12.6. The summed E-state index contributed by atoms with van der Waals surface area (Å²) >= 11 is 0. The molecular weight excluding hydrogens is 482 g/mol. The van der Waals surface area contributed by atoms with Gasteiger partial charge < -0.3 is 20.3 Å². The van der Waals surface area contributed by atoms with Gasteiger partial charge in [-0.15, -0.1) is 0 Å². The molecule has 194 valence electrons. The molecule has 38 heavy (non-hydrogen) atoms. The molecule has 2 aromatic carbocycles. The molecular formula is C29H29N5O4. The van der Waals surface area contributed by atoms with Crippen molar-refractivity contribution in [2.75, 3.05) is 26.2 Å². The second kappa shape index (κ2) is 11.2. The average molecular weight is 512 g/mol. The van der Waals surface area contributed by atoms with Gasteiger partial charge >= 0.3 is 6.03 Å². The molecule has 0 aliphatic carbocycles. The van der Waals surface area contributed by atoms with E-state index in [0.29, 0.717) is 42.3 Å². The number of ether oxygens (including phenoxy) is 1. The Balaban J connectivity index is 1.31. The molecule has 4 amide bonds. The molecule has 1 atom stereocenters. The van der Waals surface area contributed by atoms with Crippen molar-refractivity contribution >= 4 is 17.8 Å². The number of benzene rings is 2. The minimum Gasteiger partial charge on any atom is -0.457 e. The summed E-state index contributed by atoms with van der Waals surface area (Å²) in [6.45, 7) is 2.79. The van der Waals surface area contributed by atoms with Gasteiger partial charge in [0.2, 0.25) is 5.91 Å². The number of likely N-dealkylation sites (N-methyl/N-ethyl adjacent to an activating group) is 1. The molecule has 5 rings (SSSR count). The number of aromatic nitrogens is 1. The summed E-state index contributed by atoms with van der Waals surface area (Å²) in [7, 11) is 0. The molecule has 3 heterocycles. The zero-order valence-corrected chi connectivity index (χ0v) is 21.1. The fourth-order valence-electron chi connectivity index (χ4n) is 4.75. The fraction of sp³-hybridized carbons (Fsp3) is 0.241. The lowest BCUT2D eigenvalue weighted by atomic mass is 9.95. The van der Waals surface area contributed by atoms with Crippen molar-refractivity contribution in [1.82, 2.24) is 25.4 Å². The van der Waals surface area contributed by atoms with Gasteiger partial charge in [0.15, 0.2) is 0 Å². The van der Waals surface area contributed by atoms with Crippen molar-refractivity contribution in [2.24, 2.45) is 0 Å². The Morgan fingerprint density at radius 1 is 1.05 bits per heavy atom.